The number of hydrogen-bond donors (Lipinski definition) is 1. The van der Waals surface area contributed by atoms with Crippen LogP contribution in [0.15, 0.2) is 54.6 Å². The van der Waals surface area contributed by atoms with E-state index >= 15 is 0 Å². The monoisotopic (exact) mass is 410 g/mol. The van der Waals surface area contributed by atoms with Gasteiger partial charge in [-0.2, -0.15) is 0 Å². The number of carbonyl (C=O) groups is 2. The Balaban J connectivity index is 2.15. The lowest BCUT2D eigenvalue weighted by atomic mass is 10.1. The fraction of sp³-hybridized carbons (Fsp3) is 0.440. The minimum absolute atomic E-state index is 0.0997. The smallest absolute Gasteiger partial charge is 0.261 e. The molecule has 5 nitrogen and oxygen atoms in total. The van der Waals surface area contributed by atoms with Crippen molar-refractivity contribution < 1.29 is 14.3 Å². The average Bonchev–Trinajstić information content (AvgIpc) is 2.68. The van der Waals surface area contributed by atoms with Gasteiger partial charge in [-0.05, 0) is 63.8 Å². The third kappa shape index (κ3) is 7.54. The number of aryl methyl sites for hydroxylation is 1. The molecule has 5 heteroatoms. The van der Waals surface area contributed by atoms with Crippen molar-refractivity contribution in [1.82, 2.24) is 10.2 Å². The second-order valence-electron chi connectivity index (χ2n) is 8.59. The Kier molecular flexibility index (Phi) is 8.46. The molecule has 1 N–H and O–H groups in total. The van der Waals surface area contributed by atoms with Gasteiger partial charge >= 0.3 is 0 Å². The number of rotatable bonds is 9. The van der Waals surface area contributed by atoms with Crippen LogP contribution in [0.4, 0.5) is 0 Å². The summed E-state index contributed by atoms with van der Waals surface area (Å²) < 4.78 is 5.73. The molecule has 0 unspecified atom stereocenters. The highest BCUT2D eigenvalue weighted by Crippen LogP contribution is 2.15. The Morgan fingerprint density at radius 2 is 1.77 bits per heavy atom. The van der Waals surface area contributed by atoms with E-state index in [9.17, 15) is 9.59 Å². The zero-order valence-corrected chi connectivity index (χ0v) is 18.8. The maximum atomic E-state index is 13.1. The quantitative estimate of drug-likeness (QED) is 0.676. The van der Waals surface area contributed by atoms with Crippen LogP contribution in [0, 0.1) is 6.92 Å². The van der Waals surface area contributed by atoms with Gasteiger partial charge in [0.05, 0.1) is 0 Å². The molecule has 0 heterocycles. The highest BCUT2D eigenvalue weighted by atomic mass is 16.5. The molecule has 0 aliphatic carbocycles. The Hall–Kier alpha value is -2.82. The van der Waals surface area contributed by atoms with Crippen molar-refractivity contribution in [3.8, 4) is 5.75 Å². The molecule has 0 aliphatic heterocycles. The molecule has 0 bridgehead atoms. The molecule has 0 aromatic heterocycles. The number of ether oxygens (including phenoxy) is 1. The number of hydrogen-bond acceptors (Lipinski definition) is 3. The second kappa shape index (κ2) is 10.8. The van der Waals surface area contributed by atoms with Gasteiger partial charge in [-0.3, -0.25) is 9.59 Å². The molecule has 2 aromatic carbocycles. The Morgan fingerprint density at radius 1 is 1.07 bits per heavy atom. The molecule has 162 valence electrons. The molecule has 0 fully saturated rings. The maximum absolute atomic E-state index is 13.1. The fourth-order valence-corrected chi connectivity index (χ4v) is 3.28. The summed E-state index contributed by atoms with van der Waals surface area (Å²) in [5, 5.41) is 3.01. The first kappa shape index (κ1) is 23.5. The summed E-state index contributed by atoms with van der Waals surface area (Å²) in [4.78, 5) is 27.7. The Labute approximate surface area is 180 Å². The summed E-state index contributed by atoms with van der Waals surface area (Å²) in [6, 6.07) is 17.0. The first-order chi connectivity index (χ1) is 14.2. The minimum Gasteiger partial charge on any atom is -0.484 e. The number of amides is 2. The number of nitrogens with zero attached hydrogens (tertiary/aromatic N) is 1. The van der Waals surface area contributed by atoms with E-state index in [4.69, 9.17) is 4.74 Å². The molecule has 2 aromatic rings. The van der Waals surface area contributed by atoms with Gasteiger partial charge in [0.1, 0.15) is 11.8 Å². The summed E-state index contributed by atoms with van der Waals surface area (Å²) in [6.45, 7) is 10.1. The summed E-state index contributed by atoms with van der Waals surface area (Å²) >= 11 is 0. The molecular formula is C25H34N2O3. The van der Waals surface area contributed by atoms with Crippen molar-refractivity contribution in [2.45, 2.75) is 59.0 Å². The van der Waals surface area contributed by atoms with Crippen molar-refractivity contribution in [3.63, 3.8) is 0 Å². The van der Waals surface area contributed by atoms with E-state index in [0.717, 1.165) is 11.1 Å². The van der Waals surface area contributed by atoms with Crippen molar-refractivity contribution >= 4 is 11.8 Å². The highest BCUT2D eigenvalue weighted by Gasteiger charge is 2.30. The van der Waals surface area contributed by atoms with Gasteiger partial charge in [0.25, 0.3) is 5.91 Å². The third-order valence-corrected chi connectivity index (χ3v) is 4.72. The summed E-state index contributed by atoms with van der Waals surface area (Å²) in [5.74, 6) is 0.323. The largest absolute Gasteiger partial charge is 0.484 e. The van der Waals surface area contributed by atoms with E-state index in [-0.39, 0.29) is 24.0 Å². The second-order valence-corrected chi connectivity index (χ2v) is 8.59. The lowest BCUT2D eigenvalue weighted by Crippen LogP contribution is -2.54. The Morgan fingerprint density at radius 3 is 2.37 bits per heavy atom. The van der Waals surface area contributed by atoms with Crippen LogP contribution >= 0.6 is 0 Å². The van der Waals surface area contributed by atoms with E-state index in [1.54, 1.807) is 4.90 Å². The van der Waals surface area contributed by atoms with Crippen LogP contribution in [-0.4, -0.2) is 41.4 Å². The minimum atomic E-state index is -0.540. The molecule has 0 radical (unpaired) electrons. The van der Waals surface area contributed by atoms with E-state index in [1.165, 1.54) is 0 Å². The molecule has 0 aliphatic rings. The molecule has 2 rings (SSSR count). The molecule has 0 spiro atoms. The number of benzene rings is 2. The number of carbonyl (C=O) groups excluding carboxylic acids is 2. The first-order valence-corrected chi connectivity index (χ1v) is 10.5. The SMILES string of the molecule is CC[C@@H](C(=O)NC(C)(C)C)N(CCc1ccccc1)C(=O)COc1cccc(C)c1. The van der Waals surface area contributed by atoms with Gasteiger partial charge in [0.2, 0.25) is 5.91 Å². The van der Waals surface area contributed by atoms with Crippen LogP contribution in [0.2, 0.25) is 0 Å². The summed E-state index contributed by atoms with van der Waals surface area (Å²) in [6.07, 6.45) is 1.21. The zero-order valence-electron chi connectivity index (χ0n) is 18.8. The molecule has 1 atom stereocenters. The van der Waals surface area contributed by atoms with Gasteiger partial charge in [0.15, 0.2) is 6.61 Å². The van der Waals surface area contributed by atoms with Gasteiger partial charge in [-0.15, -0.1) is 0 Å². The van der Waals surface area contributed by atoms with E-state index in [2.05, 4.69) is 5.32 Å². The lowest BCUT2D eigenvalue weighted by molar-refractivity contribution is -0.142. The predicted octanol–water partition coefficient (Wildman–Crippen LogP) is 4.14. The summed E-state index contributed by atoms with van der Waals surface area (Å²) in [7, 11) is 0. The van der Waals surface area contributed by atoms with Crippen molar-refractivity contribution in [1.29, 1.82) is 0 Å². The zero-order chi connectivity index (χ0) is 22.1. The van der Waals surface area contributed by atoms with E-state index < -0.39 is 6.04 Å². The van der Waals surface area contributed by atoms with Crippen LogP contribution in [0.5, 0.6) is 5.75 Å². The van der Waals surface area contributed by atoms with Crippen molar-refractivity contribution in [2.24, 2.45) is 0 Å². The number of nitrogens with one attached hydrogen (secondary N) is 1. The summed E-state index contributed by atoms with van der Waals surface area (Å²) in [5.41, 5.74) is 1.83. The van der Waals surface area contributed by atoms with E-state index in [1.807, 2.05) is 89.2 Å². The maximum Gasteiger partial charge on any atom is 0.261 e. The third-order valence-electron chi connectivity index (χ3n) is 4.72. The highest BCUT2D eigenvalue weighted by molar-refractivity contribution is 5.88. The molecule has 2 amide bonds. The Bertz CT molecular complexity index is 828. The van der Waals surface area contributed by atoms with Gasteiger partial charge in [-0.25, -0.2) is 0 Å². The van der Waals surface area contributed by atoms with Crippen LogP contribution in [-0.2, 0) is 16.0 Å². The van der Waals surface area contributed by atoms with Crippen LogP contribution in [0.1, 0.15) is 45.2 Å². The standard InChI is InChI=1S/C25H34N2O3/c1-6-22(24(29)26-25(3,4)5)27(16-15-20-12-8-7-9-13-20)23(28)18-30-21-14-10-11-19(2)17-21/h7-14,17,22H,6,15-16,18H2,1-5H3,(H,26,29)/t22-/m0/s1. The van der Waals surface area contributed by atoms with Gasteiger partial charge < -0.3 is 15.0 Å². The topological polar surface area (TPSA) is 58.6 Å². The average molecular weight is 411 g/mol. The predicted molar refractivity (Wildman–Crippen MR) is 121 cm³/mol. The first-order valence-electron chi connectivity index (χ1n) is 10.5. The molecule has 30 heavy (non-hydrogen) atoms. The lowest BCUT2D eigenvalue weighted by Gasteiger charge is -2.33. The normalized spacial score (nSPS) is 12.2. The van der Waals surface area contributed by atoms with E-state index in [0.29, 0.717) is 25.1 Å². The molecular weight excluding hydrogens is 376 g/mol. The van der Waals surface area contributed by atoms with Crippen LogP contribution in [0.25, 0.3) is 0 Å². The van der Waals surface area contributed by atoms with Gasteiger partial charge in [0, 0.05) is 12.1 Å². The molecule has 0 saturated heterocycles. The van der Waals surface area contributed by atoms with Crippen LogP contribution < -0.4 is 10.1 Å². The fourth-order valence-electron chi connectivity index (χ4n) is 3.28. The van der Waals surface area contributed by atoms with Crippen molar-refractivity contribution in [3.05, 3.63) is 65.7 Å². The molecule has 0 saturated carbocycles. The van der Waals surface area contributed by atoms with Crippen molar-refractivity contribution in [2.75, 3.05) is 13.2 Å². The van der Waals surface area contributed by atoms with Crippen LogP contribution in [0.3, 0.4) is 0 Å². The van der Waals surface area contributed by atoms with Gasteiger partial charge in [-0.1, -0.05) is 49.4 Å².